The van der Waals surface area contributed by atoms with Gasteiger partial charge in [0.05, 0.1) is 5.97 Å². The zero-order valence-electron chi connectivity index (χ0n) is 6.17. The fourth-order valence-electron chi connectivity index (χ4n) is 1.53. The van der Waals surface area contributed by atoms with E-state index in [1.54, 1.807) is 0 Å². The third-order valence-electron chi connectivity index (χ3n) is 2.29. The minimum Gasteiger partial charge on any atom is -0.546 e. The van der Waals surface area contributed by atoms with E-state index in [1.165, 1.54) is 0 Å². The second kappa shape index (κ2) is 2.06. The number of alkyl halides is 3. The van der Waals surface area contributed by atoms with Gasteiger partial charge < -0.3 is 14.6 Å². The molecule has 6 heteroatoms. The van der Waals surface area contributed by atoms with E-state index in [0.29, 0.717) is 0 Å². The van der Waals surface area contributed by atoms with Crippen LogP contribution in [0.4, 0.5) is 13.2 Å². The molecule has 0 aromatic rings. The Hall–Kier alpha value is -1.04. The highest BCUT2D eigenvalue weighted by molar-refractivity contribution is 5.80. The Bertz CT molecular complexity index is 301. The molecule has 3 atom stereocenters. The first kappa shape index (κ1) is 8.55. The number of ether oxygens (including phenoxy) is 1. The average molecular weight is 193 g/mol. The first-order valence-electron chi connectivity index (χ1n) is 3.52. The molecule has 3 unspecified atom stereocenters. The highest BCUT2D eigenvalue weighted by Gasteiger charge is 2.72. The van der Waals surface area contributed by atoms with Gasteiger partial charge >= 0.3 is 5.92 Å². The predicted octanol–water partition coefficient (Wildman–Crippen LogP) is -0.583. The quantitative estimate of drug-likeness (QED) is 0.523. The molecule has 2 rings (SSSR count). The van der Waals surface area contributed by atoms with Crippen LogP contribution in [0.1, 0.15) is 0 Å². The monoisotopic (exact) mass is 193 g/mol. The van der Waals surface area contributed by atoms with Crippen LogP contribution in [-0.4, -0.2) is 29.8 Å². The number of carbonyl (C=O) groups is 1. The number of hydrogen-bond acceptors (Lipinski definition) is 3. The minimum absolute atomic E-state index is 0.950. The number of aliphatic carboxylic acids is 1. The van der Waals surface area contributed by atoms with Gasteiger partial charge in [0, 0.05) is 0 Å². The summed E-state index contributed by atoms with van der Waals surface area (Å²) >= 11 is 0. The molecular formula is C7H4F3O3-. The van der Waals surface area contributed by atoms with Crippen molar-refractivity contribution in [3.63, 3.8) is 0 Å². The molecule has 0 spiro atoms. The van der Waals surface area contributed by atoms with Gasteiger partial charge in [0.15, 0.2) is 0 Å². The summed E-state index contributed by atoms with van der Waals surface area (Å²) in [5.41, 5.74) is -3.73. The normalized spacial score (nSPS) is 45.5. The average Bonchev–Trinajstić information content (AvgIpc) is 2.54. The van der Waals surface area contributed by atoms with E-state index in [0.717, 1.165) is 12.2 Å². The van der Waals surface area contributed by atoms with E-state index in [-0.39, 0.29) is 0 Å². The molecule has 0 aromatic heterocycles. The molecule has 72 valence electrons. The Morgan fingerprint density at radius 2 is 1.85 bits per heavy atom. The predicted molar refractivity (Wildman–Crippen MR) is 31.6 cm³/mol. The Kier molecular flexibility index (Phi) is 1.36. The Labute approximate surface area is 70.8 Å². The van der Waals surface area contributed by atoms with Crippen LogP contribution in [0.25, 0.3) is 0 Å². The van der Waals surface area contributed by atoms with Crippen molar-refractivity contribution in [3.05, 3.63) is 12.2 Å². The van der Waals surface area contributed by atoms with Gasteiger partial charge in [0.25, 0.3) is 0 Å². The number of hydrogen-bond donors (Lipinski definition) is 0. The summed E-state index contributed by atoms with van der Waals surface area (Å²) in [5.74, 6) is -6.49. The first-order chi connectivity index (χ1) is 5.90. The number of rotatable bonds is 1. The van der Waals surface area contributed by atoms with Gasteiger partial charge in [0.1, 0.15) is 12.2 Å². The molecule has 0 amide bonds. The molecule has 2 aliphatic rings. The van der Waals surface area contributed by atoms with Gasteiger partial charge in [-0.05, 0) is 0 Å². The summed E-state index contributed by atoms with van der Waals surface area (Å²) in [7, 11) is 0. The molecule has 13 heavy (non-hydrogen) atoms. The van der Waals surface area contributed by atoms with Crippen molar-refractivity contribution in [1.29, 1.82) is 0 Å². The van der Waals surface area contributed by atoms with E-state index < -0.39 is 29.8 Å². The van der Waals surface area contributed by atoms with Crippen LogP contribution in [0.15, 0.2) is 12.2 Å². The maximum atomic E-state index is 13.3. The van der Waals surface area contributed by atoms with Gasteiger partial charge in [0.2, 0.25) is 5.67 Å². The standard InChI is InChI=1S/C7H5F3O3/c8-6(5(11)12)3-1-2-4(13-3)7(6,9)10/h1-4H,(H,11,12)/p-1. The maximum absolute atomic E-state index is 13.3. The number of fused-ring (bicyclic) bond motifs is 2. The molecule has 0 radical (unpaired) electrons. The maximum Gasteiger partial charge on any atom is 0.318 e. The summed E-state index contributed by atoms with van der Waals surface area (Å²) in [5, 5.41) is 10.2. The lowest BCUT2D eigenvalue weighted by Crippen LogP contribution is -2.61. The van der Waals surface area contributed by atoms with Crippen LogP contribution in [0, 0.1) is 0 Å². The highest BCUT2D eigenvalue weighted by atomic mass is 19.3. The Morgan fingerprint density at radius 1 is 1.31 bits per heavy atom. The van der Waals surface area contributed by atoms with E-state index in [2.05, 4.69) is 4.74 Å². The molecule has 0 saturated carbocycles. The first-order valence-corrected chi connectivity index (χ1v) is 3.52. The SMILES string of the molecule is O=C([O-])C1(F)C2C=CC(O2)C1(F)F. The fourth-order valence-corrected chi connectivity index (χ4v) is 1.53. The minimum atomic E-state index is -4.05. The lowest BCUT2D eigenvalue weighted by atomic mass is 9.87. The van der Waals surface area contributed by atoms with Crippen LogP contribution >= 0.6 is 0 Å². The van der Waals surface area contributed by atoms with Crippen LogP contribution < -0.4 is 5.11 Å². The Morgan fingerprint density at radius 3 is 2.15 bits per heavy atom. The summed E-state index contributed by atoms with van der Waals surface area (Å²) in [4.78, 5) is 10.2. The molecule has 0 aromatic carbocycles. The van der Waals surface area contributed by atoms with Crippen LogP contribution in [-0.2, 0) is 9.53 Å². The van der Waals surface area contributed by atoms with E-state index in [4.69, 9.17) is 0 Å². The molecule has 2 heterocycles. The number of carboxylic acids is 1. The van der Waals surface area contributed by atoms with Crippen molar-refractivity contribution in [2.75, 3.05) is 0 Å². The molecule has 3 nitrogen and oxygen atoms in total. The number of carboxylic acid groups (broad SMARTS) is 1. The Balaban J connectivity index is 2.50. The lowest BCUT2D eigenvalue weighted by Gasteiger charge is -2.31. The topological polar surface area (TPSA) is 49.4 Å². The zero-order chi connectivity index (χ0) is 9.85. The number of halogens is 3. The fraction of sp³-hybridized carbons (Fsp3) is 0.571. The van der Waals surface area contributed by atoms with Gasteiger partial charge in [-0.2, -0.15) is 8.78 Å². The second-order valence-corrected chi connectivity index (χ2v) is 2.98. The molecule has 1 saturated heterocycles. The van der Waals surface area contributed by atoms with Crippen molar-refractivity contribution in [3.8, 4) is 0 Å². The van der Waals surface area contributed by atoms with Crippen molar-refractivity contribution in [2.24, 2.45) is 0 Å². The van der Waals surface area contributed by atoms with Gasteiger partial charge in [-0.3, -0.25) is 0 Å². The van der Waals surface area contributed by atoms with E-state index in [9.17, 15) is 23.1 Å². The summed E-state index contributed by atoms with van der Waals surface area (Å²) in [6.07, 6.45) is -1.61. The third kappa shape index (κ3) is 0.720. The van der Waals surface area contributed by atoms with Crippen molar-refractivity contribution in [1.82, 2.24) is 0 Å². The summed E-state index contributed by atoms with van der Waals surface area (Å²) in [6.45, 7) is 0. The molecule has 1 fully saturated rings. The third-order valence-corrected chi connectivity index (χ3v) is 2.29. The smallest absolute Gasteiger partial charge is 0.318 e. The zero-order valence-corrected chi connectivity index (χ0v) is 6.17. The molecule has 0 N–H and O–H groups in total. The van der Waals surface area contributed by atoms with Crippen molar-refractivity contribution < 1.29 is 27.8 Å². The highest BCUT2D eigenvalue weighted by Crippen LogP contribution is 2.50. The molecule has 2 aliphatic heterocycles. The van der Waals surface area contributed by atoms with Crippen molar-refractivity contribution >= 4 is 5.97 Å². The second-order valence-electron chi connectivity index (χ2n) is 2.98. The van der Waals surface area contributed by atoms with Gasteiger partial charge in [-0.1, -0.05) is 12.2 Å². The molecule has 0 aliphatic carbocycles. The van der Waals surface area contributed by atoms with Crippen LogP contribution in [0.2, 0.25) is 0 Å². The van der Waals surface area contributed by atoms with Gasteiger partial charge in [-0.25, -0.2) is 4.39 Å². The van der Waals surface area contributed by atoms with Crippen LogP contribution in [0.3, 0.4) is 0 Å². The molecule has 2 bridgehead atoms. The number of carbonyl (C=O) groups excluding carboxylic acids is 1. The van der Waals surface area contributed by atoms with E-state index >= 15 is 0 Å². The summed E-state index contributed by atoms with van der Waals surface area (Å²) < 4.78 is 43.7. The van der Waals surface area contributed by atoms with Crippen molar-refractivity contribution in [2.45, 2.75) is 23.8 Å². The molecular weight excluding hydrogens is 189 g/mol. The lowest BCUT2D eigenvalue weighted by molar-refractivity contribution is -0.330. The van der Waals surface area contributed by atoms with E-state index in [1.807, 2.05) is 0 Å². The largest absolute Gasteiger partial charge is 0.546 e. The van der Waals surface area contributed by atoms with Gasteiger partial charge in [-0.15, -0.1) is 0 Å². The summed E-state index contributed by atoms with van der Waals surface area (Å²) in [6, 6.07) is 0. The van der Waals surface area contributed by atoms with Crippen LogP contribution in [0.5, 0.6) is 0 Å².